The summed E-state index contributed by atoms with van der Waals surface area (Å²) in [6.07, 6.45) is -0.834. The topological polar surface area (TPSA) is 152 Å². The van der Waals surface area contributed by atoms with Crippen LogP contribution in [0.3, 0.4) is 0 Å². The second kappa shape index (κ2) is 18.5. The van der Waals surface area contributed by atoms with E-state index in [1.807, 2.05) is 0 Å². The van der Waals surface area contributed by atoms with Crippen molar-refractivity contribution in [2.75, 3.05) is 32.3 Å². The Morgan fingerprint density at radius 3 is 2.10 bits per heavy atom. The van der Waals surface area contributed by atoms with Gasteiger partial charge in [-0.2, -0.15) is 0 Å². The second-order valence-corrected chi connectivity index (χ2v) is 11.5. The summed E-state index contributed by atoms with van der Waals surface area (Å²) in [6, 6.07) is 6.71. The van der Waals surface area contributed by atoms with E-state index in [-0.39, 0.29) is 72.1 Å². The zero-order chi connectivity index (χ0) is 21.9. The third-order valence-electron chi connectivity index (χ3n) is 3.21. The molecule has 10 nitrogen and oxygen atoms in total. The predicted molar refractivity (Wildman–Crippen MR) is 112 cm³/mol. The summed E-state index contributed by atoms with van der Waals surface area (Å²) >= 11 is 9.73. The molecule has 1 aromatic rings. The first-order valence-corrected chi connectivity index (χ1v) is 15.6. The van der Waals surface area contributed by atoms with Crippen LogP contribution in [0.4, 0.5) is 0 Å². The van der Waals surface area contributed by atoms with Crippen molar-refractivity contribution in [2.45, 2.75) is 12.8 Å². The molecule has 0 aliphatic carbocycles. The van der Waals surface area contributed by atoms with E-state index in [9.17, 15) is 18.9 Å². The first kappa shape index (κ1) is 35.4. The van der Waals surface area contributed by atoms with Crippen molar-refractivity contribution < 1.29 is 101 Å². The Hall–Kier alpha value is 2.24. The molecule has 0 aliphatic heterocycles. The Morgan fingerprint density at radius 1 is 1.06 bits per heavy atom. The monoisotopic (exact) mass is 568 g/mol. The van der Waals surface area contributed by atoms with Gasteiger partial charge in [-0.15, -0.1) is 4.52 Å². The quantitative estimate of drug-likeness (QED) is 0.119. The van der Waals surface area contributed by atoms with Crippen LogP contribution in [-0.2, 0) is 48.2 Å². The van der Waals surface area contributed by atoms with Gasteiger partial charge in [-0.1, -0.05) is 12.1 Å². The van der Waals surface area contributed by atoms with Gasteiger partial charge in [-0.3, -0.25) is 9.42 Å². The minimum atomic E-state index is -4.72. The van der Waals surface area contributed by atoms with Crippen LogP contribution in [0.5, 0.6) is 5.75 Å². The molecular formula is C13H20NNa2O9P4S2+. The number of hydrogen-bond donors (Lipinski definition) is 2. The molecule has 0 radical (unpaired) electrons. The van der Waals surface area contributed by atoms with Gasteiger partial charge in [-0.05, 0) is 42.3 Å². The van der Waals surface area contributed by atoms with Gasteiger partial charge in [0.15, 0.2) is 5.75 Å². The molecule has 0 fully saturated rings. The van der Waals surface area contributed by atoms with Gasteiger partial charge < -0.3 is 33.2 Å². The summed E-state index contributed by atoms with van der Waals surface area (Å²) in [4.78, 5) is 40.9. The Morgan fingerprint density at radius 2 is 1.61 bits per heavy atom. The minimum absolute atomic E-state index is 0. The van der Waals surface area contributed by atoms with Crippen molar-refractivity contribution >= 4 is 53.5 Å². The number of benzene rings is 1. The normalized spacial score (nSPS) is 15.3. The fourth-order valence-electron chi connectivity index (χ4n) is 2.11. The van der Waals surface area contributed by atoms with Crippen LogP contribution in [0.1, 0.15) is 12.0 Å². The number of nitrogens with zero attached hydrogens (tertiary/aromatic N) is 1. The zero-order valence-electron chi connectivity index (χ0n) is 17.1. The van der Waals surface area contributed by atoms with E-state index in [2.05, 4.69) is 11.8 Å². The molecule has 1 rings (SSSR count). The van der Waals surface area contributed by atoms with Crippen LogP contribution >= 0.6 is 29.9 Å². The van der Waals surface area contributed by atoms with E-state index in [0.717, 1.165) is 10.5 Å². The van der Waals surface area contributed by atoms with Crippen molar-refractivity contribution in [3.63, 3.8) is 0 Å². The number of hydrogen-bond acceptors (Lipinski definition) is 10. The zero-order valence-corrected chi connectivity index (χ0v) is 26.3. The van der Waals surface area contributed by atoms with Gasteiger partial charge in [-0.25, -0.2) is 0 Å². The molecule has 3 unspecified atom stereocenters. The van der Waals surface area contributed by atoms with Crippen LogP contribution in [0.2, 0.25) is 0 Å². The van der Waals surface area contributed by atoms with Crippen LogP contribution in [-0.4, -0.2) is 47.0 Å². The van der Waals surface area contributed by atoms with Gasteiger partial charge in [0, 0.05) is 6.54 Å². The summed E-state index contributed by atoms with van der Waals surface area (Å²) in [5, 5.41) is 0. The molecule has 0 amide bonds. The third kappa shape index (κ3) is 20.2. The van der Waals surface area contributed by atoms with E-state index in [1.165, 1.54) is 0 Å². The Bertz CT molecular complexity index is 742. The molecule has 164 valence electrons. The molecule has 31 heavy (non-hydrogen) atoms. The van der Waals surface area contributed by atoms with Gasteiger partial charge in [0.2, 0.25) is 11.8 Å². The van der Waals surface area contributed by atoms with E-state index < -0.39 is 34.9 Å². The number of rotatable bonds is 15. The molecule has 2 N–H and O–H groups in total. The third-order valence-corrected chi connectivity index (χ3v) is 6.62. The molecule has 0 saturated carbocycles. The van der Waals surface area contributed by atoms with Gasteiger partial charge in [0.1, 0.15) is 29.4 Å². The molecule has 3 atom stereocenters. The van der Waals surface area contributed by atoms with E-state index in [0.29, 0.717) is 33.0 Å². The Balaban J connectivity index is 0. The van der Waals surface area contributed by atoms with Crippen molar-refractivity contribution in [2.24, 2.45) is 0 Å². The maximum atomic E-state index is 11.0. The predicted octanol–water partition coefficient (Wildman–Crippen LogP) is -4.56. The van der Waals surface area contributed by atoms with E-state index >= 15 is 0 Å². The summed E-state index contributed by atoms with van der Waals surface area (Å²) in [5.74, 6) is 0.492. The largest absolute Gasteiger partial charge is 1.00 e. The Kier molecular flexibility index (Phi) is 21.1. The molecule has 18 heteroatoms. The van der Waals surface area contributed by atoms with E-state index in [1.54, 1.807) is 24.3 Å². The first-order valence-electron chi connectivity index (χ1n) is 8.08. The molecule has 0 bridgehead atoms. The fourth-order valence-corrected chi connectivity index (χ4v) is 5.29. The maximum absolute atomic E-state index is 11.0. The molecule has 0 aromatic heterocycles. The van der Waals surface area contributed by atoms with Crippen molar-refractivity contribution in [1.29, 1.82) is 0 Å². The van der Waals surface area contributed by atoms with Crippen molar-refractivity contribution in [3.05, 3.63) is 29.8 Å². The summed E-state index contributed by atoms with van der Waals surface area (Å²) in [7, 11) is -10.5. The summed E-state index contributed by atoms with van der Waals surface area (Å²) in [5.41, 5.74) is 0.759. The summed E-state index contributed by atoms with van der Waals surface area (Å²) < 4.78 is 37.9. The average molecular weight is 568 g/mol. The molecule has 0 heterocycles. The minimum Gasteiger partial charge on any atom is -0.778 e. The standard InChI is InChI=1S/C13H21NO9P4S2.2Na/c15-26(16,17)10-14(11-27(18,19)20)7-6-12-2-4-13(5-3-12)23-25(29)22-9-1-8-21-24-28;;/h2-5H,1,6-11H2,(H3-,15,16,17,18,19,20);;/q;2*+1/p-1. The molecule has 0 saturated heterocycles. The van der Waals surface area contributed by atoms with Crippen molar-refractivity contribution in [3.8, 4) is 5.75 Å². The van der Waals surface area contributed by atoms with Crippen LogP contribution < -0.4 is 73.4 Å². The molecule has 0 spiro atoms. The SMILES string of the molecule is O=P([O-])(O)CN(CCc1ccc(O[P+](=S)OCCCOP=S)cc1)CP(=O)([O-])O.[Na+].[Na+]. The Labute approximate surface area is 238 Å². The fraction of sp³-hybridized carbons (Fsp3) is 0.538. The van der Waals surface area contributed by atoms with Crippen LogP contribution in [0.25, 0.3) is 0 Å². The molecular weight excluding hydrogens is 548 g/mol. The van der Waals surface area contributed by atoms with Gasteiger partial charge >= 0.3 is 66.3 Å². The molecule has 0 aliphatic rings. The second-order valence-electron chi connectivity index (χ2n) is 5.76. The maximum Gasteiger partial charge on any atom is 1.00 e. The van der Waals surface area contributed by atoms with Crippen LogP contribution in [0.15, 0.2) is 24.3 Å². The van der Waals surface area contributed by atoms with Gasteiger partial charge in [0.25, 0.3) is 0 Å². The van der Waals surface area contributed by atoms with Crippen LogP contribution in [0, 0.1) is 0 Å². The van der Waals surface area contributed by atoms with Gasteiger partial charge in [0.05, 0.1) is 19.2 Å². The average Bonchev–Trinajstić information content (AvgIpc) is 2.58. The summed E-state index contributed by atoms with van der Waals surface area (Å²) in [6.45, 7) is 0.852. The van der Waals surface area contributed by atoms with Crippen molar-refractivity contribution in [1.82, 2.24) is 4.90 Å². The molecule has 1 aromatic carbocycles. The first-order chi connectivity index (χ1) is 13.5. The van der Waals surface area contributed by atoms with E-state index in [4.69, 9.17) is 35.2 Å². The smallest absolute Gasteiger partial charge is 0.778 e.